The SMILES string of the molecule is Cc1ccc([N+](=O)[O-])c(NC(=O)COc2cc3oc(=O)cc(C)c3cc2Cl)c1C. The average Bonchev–Trinajstić information content (AvgIpc) is 2.64. The second-order valence-corrected chi connectivity index (χ2v) is 6.93. The fraction of sp³-hybridized carbons (Fsp3) is 0.200. The number of ether oxygens (including phenoxy) is 1. The minimum Gasteiger partial charge on any atom is -0.482 e. The van der Waals surface area contributed by atoms with Crippen molar-refractivity contribution >= 4 is 39.9 Å². The van der Waals surface area contributed by atoms with Crippen molar-refractivity contribution in [3.8, 4) is 5.75 Å². The van der Waals surface area contributed by atoms with Crippen LogP contribution in [0.15, 0.2) is 39.5 Å². The van der Waals surface area contributed by atoms with Gasteiger partial charge in [0.25, 0.3) is 11.6 Å². The van der Waals surface area contributed by atoms with Crippen molar-refractivity contribution in [1.29, 1.82) is 0 Å². The molecule has 0 saturated heterocycles. The molecule has 0 aliphatic heterocycles. The smallest absolute Gasteiger partial charge is 0.336 e. The molecule has 2 aromatic carbocycles. The van der Waals surface area contributed by atoms with Crippen LogP contribution in [-0.2, 0) is 4.79 Å². The fourth-order valence-electron chi connectivity index (χ4n) is 2.86. The highest BCUT2D eigenvalue weighted by Gasteiger charge is 2.20. The third-order valence-electron chi connectivity index (χ3n) is 4.54. The van der Waals surface area contributed by atoms with Gasteiger partial charge in [-0.2, -0.15) is 0 Å². The van der Waals surface area contributed by atoms with Crippen LogP contribution in [0.2, 0.25) is 5.02 Å². The third kappa shape index (κ3) is 4.22. The summed E-state index contributed by atoms with van der Waals surface area (Å²) in [5.41, 5.74) is 1.77. The Labute approximate surface area is 170 Å². The van der Waals surface area contributed by atoms with Crippen LogP contribution in [0.25, 0.3) is 11.0 Å². The highest BCUT2D eigenvalue weighted by atomic mass is 35.5. The Bertz CT molecular complexity index is 1200. The molecule has 1 amide bonds. The number of halogens is 1. The van der Waals surface area contributed by atoms with E-state index >= 15 is 0 Å². The predicted molar refractivity (Wildman–Crippen MR) is 109 cm³/mol. The maximum Gasteiger partial charge on any atom is 0.336 e. The van der Waals surface area contributed by atoms with Crippen LogP contribution < -0.4 is 15.7 Å². The Kier molecular flexibility index (Phi) is 5.56. The zero-order valence-electron chi connectivity index (χ0n) is 15.9. The first-order valence-corrected chi connectivity index (χ1v) is 8.96. The number of carbonyl (C=O) groups is 1. The van der Waals surface area contributed by atoms with Crippen LogP contribution in [0.5, 0.6) is 5.75 Å². The number of benzene rings is 2. The molecule has 9 heteroatoms. The van der Waals surface area contributed by atoms with E-state index in [0.29, 0.717) is 16.5 Å². The average molecular weight is 417 g/mol. The number of hydrogen-bond donors (Lipinski definition) is 1. The van der Waals surface area contributed by atoms with Crippen molar-refractivity contribution in [3.63, 3.8) is 0 Å². The van der Waals surface area contributed by atoms with Gasteiger partial charge in [-0.1, -0.05) is 17.7 Å². The highest BCUT2D eigenvalue weighted by Crippen LogP contribution is 2.32. The Balaban J connectivity index is 1.82. The van der Waals surface area contributed by atoms with E-state index in [0.717, 1.165) is 5.56 Å². The molecular formula is C20H17ClN2O6. The molecule has 3 rings (SSSR count). The maximum atomic E-state index is 12.3. The molecule has 0 bridgehead atoms. The summed E-state index contributed by atoms with van der Waals surface area (Å²) in [6.07, 6.45) is 0. The Hall–Kier alpha value is -3.39. The van der Waals surface area contributed by atoms with Crippen molar-refractivity contribution in [2.75, 3.05) is 11.9 Å². The molecule has 0 atom stereocenters. The minimum atomic E-state index is -0.594. The molecule has 0 aliphatic carbocycles. The molecule has 0 saturated carbocycles. The zero-order chi connectivity index (χ0) is 21.3. The van der Waals surface area contributed by atoms with Gasteiger partial charge in [-0.15, -0.1) is 0 Å². The van der Waals surface area contributed by atoms with Crippen molar-refractivity contribution in [3.05, 3.63) is 72.6 Å². The van der Waals surface area contributed by atoms with Gasteiger partial charge in [-0.25, -0.2) is 4.79 Å². The van der Waals surface area contributed by atoms with Gasteiger partial charge in [-0.05, 0) is 43.5 Å². The van der Waals surface area contributed by atoms with Gasteiger partial charge >= 0.3 is 5.63 Å². The summed E-state index contributed by atoms with van der Waals surface area (Å²) in [6.45, 7) is 4.78. The van der Waals surface area contributed by atoms with Crippen molar-refractivity contribution < 1.29 is 18.9 Å². The van der Waals surface area contributed by atoms with E-state index in [1.807, 2.05) is 0 Å². The molecule has 0 unspecified atom stereocenters. The van der Waals surface area contributed by atoms with E-state index in [9.17, 15) is 19.7 Å². The van der Waals surface area contributed by atoms with Crippen LogP contribution in [0.1, 0.15) is 16.7 Å². The van der Waals surface area contributed by atoms with Gasteiger partial charge in [0.15, 0.2) is 6.61 Å². The fourth-order valence-corrected chi connectivity index (χ4v) is 3.08. The monoisotopic (exact) mass is 416 g/mol. The molecular weight excluding hydrogens is 400 g/mol. The number of hydrogen-bond acceptors (Lipinski definition) is 6. The molecule has 1 heterocycles. The van der Waals surface area contributed by atoms with Gasteiger partial charge in [0, 0.05) is 23.6 Å². The summed E-state index contributed by atoms with van der Waals surface area (Å²) in [5, 5.41) is 14.7. The van der Waals surface area contributed by atoms with Crippen molar-refractivity contribution in [1.82, 2.24) is 0 Å². The number of aryl methyl sites for hydroxylation is 2. The molecule has 8 nitrogen and oxygen atoms in total. The number of anilines is 1. The molecule has 1 N–H and O–H groups in total. The van der Waals surface area contributed by atoms with Crippen LogP contribution in [-0.4, -0.2) is 17.4 Å². The van der Waals surface area contributed by atoms with Crippen molar-refractivity contribution in [2.45, 2.75) is 20.8 Å². The number of fused-ring (bicyclic) bond motifs is 1. The Morgan fingerprint density at radius 3 is 2.62 bits per heavy atom. The predicted octanol–water partition coefficient (Wildman–Crippen LogP) is 4.30. The minimum absolute atomic E-state index is 0.120. The van der Waals surface area contributed by atoms with Gasteiger partial charge in [0.2, 0.25) is 0 Å². The topological polar surface area (TPSA) is 112 Å². The van der Waals surface area contributed by atoms with E-state index in [2.05, 4.69) is 5.32 Å². The summed E-state index contributed by atoms with van der Waals surface area (Å²) < 4.78 is 10.6. The molecule has 0 radical (unpaired) electrons. The molecule has 29 heavy (non-hydrogen) atoms. The first-order chi connectivity index (χ1) is 13.7. The molecule has 0 spiro atoms. The van der Waals surface area contributed by atoms with E-state index < -0.39 is 23.1 Å². The van der Waals surface area contributed by atoms with Gasteiger partial charge in [0.05, 0.1) is 9.95 Å². The molecule has 1 aromatic heterocycles. The standard InChI is InChI=1S/C20H17ClN2O6/c1-10-4-5-15(23(26)27)20(12(10)3)22-18(24)9-28-17-8-16-13(7-14(17)21)11(2)6-19(25)29-16/h4-8H,9H2,1-3H3,(H,22,24). The number of carbonyl (C=O) groups excluding carboxylic acids is 1. The Morgan fingerprint density at radius 1 is 1.21 bits per heavy atom. The molecule has 0 aliphatic rings. The second-order valence-electron chi connectivity index (χ2n) is 6.52. The molecule has 0 fully saturated rings. The van der Waals surface area contributed by atoms with Crippen molar-refractivity contribution in [2.24, 2.45) is 0 Å². The highest BCUT2D eigenvalue weighted by molar-refractivity contribution is 6.32. The lowest BCUT2D eigenvalue weighted by atomic mass is 10.1. The van der Waals surface area contributed by atoms with Crippen LogP contribution in [0, 0.1) is 30.9 Å². The van der Waals surface area contributed by atoms with Gasteiger partial charge < -0.3 is 14.5 Å². The summed E-state index contributed by atoms with van der Waals surface area (Å²) in [5.74, 6) is -0.442. The van der Waals surface area contributed by atoms with E-state index in [4.69, 9.17) is 20.8 Å². The number of nitrogens with one attached hydrogen (secondary N) is 1. The lowest BCUT2D eigenvalue weighted by Gasteiger charge is -2.12. The van der Waals surface area contributed by atoms with Crippen LogP contribution >= 0.6 is 11.6 Å². The van der Waals surface area contributed by atoms with E-state index in [1.165, 1.54) is 18.2 Å². The quantitative estimate of drug-likeness (QED) is 0.377. The van der Waals surface area contributed by atoms with Crippen LogP contribution in [0.4, 0.5) is 11.4 Å². The third-order valence-corrected chi connectivity index (χ3v) is 4.83. The van der Waals surface area contributed by atoms with Crippen LogP contribution in [0.3, 0.4) is 0 Å². The second kappa shape index (κ2) is 7.92. The number of nitro groups is 1. The lowest BCUT2D eigenvalue weighted by molar-refractivity contribution is -0.384. The number of rotatable bonds is 5. The first kappa shape index (κ1) is 20.3. The molecule has 150 valence electrons. The first-order valence-electron chi connectivity index (χ1n) is 8.58. The molecule has 3 aromatic rings. The van der Waals surface area contributed by atoms with Gasteiger partial charge in [0.1, 0.15) is 17.0 Å². The lowest BCUT2D eigenvalue weighted by Crippen LogP contribution is -2.21. The summed E-state index contributed by atoms with van der Waals surface area (Å²) in [7, 11) is 0. The summed E-state index contributed by atoms with van der Waals surface area (Å²) >= 11 is 6.21. The summed E-state index contributed by atoms with van der Waals surface area (Å²) in [6, 6.07) is 7.31. The Morgan fingerprint density at radius 2 is 1.93 bits per heavy atom. The van der Waals surface area contributed by atoms with E-state index in [1.54, 1.807) is 32.9 Å². The number of nitrogens with zero attached hydrogens (tertiary/aromatic N) is 1. The normalized spacial score (nSPS) is 10.8. The zero-order valence-corrected chi connectivity index (χ0v) is 16.6. The maximum absolute atomic E-state index is 12.3. The van der Waals surface area contributed by atoms with Gasteiger partial charge in [-0.3, -0.25) is 14.9 Å². The largest absolute Gasteiger partial charge is 0.482 e. The number of nitro benzene ring substituents is 1. The summed E-state index contributed by atoms with van der Waals surface area (Å²) in [4.78, 5) is 34.6. The number of amides is 1. The van der Waals surface area contributed by atoms with E-state index in [-0.39, 0.29) is 27.7 Å².